The first-order valence-corrected chi connectivity index (χ1v) is 5.47. The number of halogens is 7. The van der Waals surface area contributed by atoms with Crippen LogP contribution in [0.4, 0.5) is 0 Å². The molecule has 0 rings (SSSR count). The number of hydrogen-bond donors (Lipinski definition) is 0. The second kappa shape index (κ2) is 10.1. The molecule has 0 spiro atoms. The highest BCUT2D eigenvalue weighted by Gasteiger charge is 2.06. The van der Waals surface area contributed by atoms with Crippen LogP contribution in [-0.4, -0.2) is 20.4 Å². The SMILES string of the molecule is ClC(Cl)C(Cl)Cl.ClCC(Cl)Cl. The van der Waals surface area contributed by atoms with Crippen molar-refractivity contribution in [3.05, 3.63) is 0 Å². The molecule has 0 N–H and O–H groups in total. The van der Waals surface area contributed by atoms with E-state index < -0.39 is 14.5 Å². The average Bonchev–Trinajstić information content (AvgIpc) is 1.89. The zero-order chi connectivity index (χ0) is 9.44. The normalized spacial score (nSPS) is 10.4. The summed E-state index contributed by atoms with van der Waals surface area (Å²) in [4.78, 5) is -1.75. The van der Waals surface area contributed by atoms with Crippen molar-refractivity contribution in [2.75, 3.05) is 5.88 Å². The Kier molecular flexibility index (Phi) is 14.3. The Morgan fingerprint density at radius 2 is 0.909 bits per heavy atom. The van der Waals surface area contributed by atoms with Gasteiger partial charge in [-0.2, -0.15) is 0 Å². The number of rotatable bonds is 2. The van der Waals surface area contributed by atoms with Crippen molar-refractivity contribution in [3.63, 3.8) is 0 Å². The Morgan fingerprint density at radius 1 is 0.727 bits per heavy atom. The van der Waals surface area contributed by atoms with Gasteiger partial charge in [-0.3, -0.25) is 0 Å². The van der Waals surface area contributed by atoms with E-state index in [2.05, 4.69) is 0 Å². The van der Waals surface area contributed by atoms with E-state index in [9.17, 15) is 0 Å². The van der Waals surface area contributed by atoms with Gasteiger partial charge in [0.05, 0.1) is 5.88 Å². The average molecular weight is 301 g/mol. The Bertz CT molecular complexity index is 64.8. The molecular weight excluding hydrogens is 296 g/mol. The molecule has 0 saturated heterocycles. The fourth-order valence-corrected chi connectivity index (χ4v) is 0. The zero-order valence-corrected chi connectivity index (χ0v) is 10.4. The van der Waals surface area contributed by atoms with Crippen LogP contribution < -0.4 is 0 Å². The second-order valence-electron chi connectivity index (χ2n) is 1.21. The third-order valence-corrected chi connectivity index (χ3v) is 2.76. The van der Waals surface area contributed by atoms with Crippen LogP contribution in [-0.2, 0) is 0 Å². The van der Waals surface area contributed by atoms with Crippen LogP contribution >= 0.6 is 81.2 Å². The van der Waals surface area contributed by atoms with Crippen molar-refractivity contribution in [1.82, 2.24) is 0 Å². The smallest absolute Gasteiger partial charge is 0.124 e. The first-order chi connectivity index (χ1) is 4.91. The molecule has 0 saturated carbocycles. The lowest BCUT2D eigenvalue weighted by atomic mass is 10.9. The summed E-state index contributed by atoms with van der Waals surface area (Å²) in [5.41, 5.74) is 0. The largest absolute Gasteiger partial charge is 0.137 e. The molecule has 7 heteroatoms. The van der Waals surface area contributed by atoms with Crippen molar-refractivity contribution in [2.45, 2.75) is 14.5 Å². The van der Waals surface area contributed by atoms with Gasteiger partial charge in [0.2, 0.25) is 0 Å². The molecule has 70 valence electrons. The first kappa shape index (κ1) is 15.5. The molecule has 0 amide bonds. The van der Waals surface area contributed by atoms with E-state index in [1.54, 1.807) is 0 Å². The molecular formula is C4H5Cl7. The lowest BCUT2D eigenvalue weighted by Crippen LogP contribution is -1.96. The topological polar surface area (TPSA) is 0 Å². The predicted octanol–water partition coefficient (Wildman–Crippen LogP) is 4.62. The van der Waals surface area contributed by atoms with E-state index in [0.29, 0.717) is 5.88 Å². The summed E-state index contributed by atoms with van der Waals surface area (Å²) in [6.07, 6.45) is 0. The highest BCUT2D eigenvalue weighted by Crippen LogP contribution is 2.16. The Morgan fingerprint density at radius 3 is 0.909 bits per heavy atom. The van der Waals surface area contributed by atoms with Crippen molar-refractivity contribution in [1.29, 1.82) is 0 Å². The van der Waals surface area contributed by atoms with Gasteiger partial charge in [-0.1, -0.05) is 0 Å². The molecule has 0 bridgehead atoms. The molecule has 0 heterocycles. The fourth-order valence-electron chi connectivity index (χ4n) is 0. The highest BCUT2D eigenvalue weighted by atomic mass is 35.5. The van der Waals surface area contributed by atoms with Crippen LogP contribution in [0.5, 0.6) is 0 Å². The van der Waals surface area contributed by atoms with E-state index >= 15 is 0 Å². The summed E-state index contributed by atoms with van der Waals surface area (Å²) >= 11 is 35.7. The Balaban J connectivity index is 0. The Hall–Kier alpha value is 2.03. The van der Waals surface area contributed by atoms with Crippen LogP contribution in [0.15, 0.2) is 0 Å². The van der Waals surface area contributed by atoms with E-state index in [0.717, 1.165) is 0 Å². The minimum Gasteiger partial charge on any atom is -0.124 e. The molecule has 0 radical (unpaired) electrons. The molecule has 0 aromatic rings. The zero-order valence-electron chi connectivity index (χ0n) is 5.08. The highest BCUT2D eigenvalue weighted by molar-refractivity contribution is 6.56. The molecule has 0 aromatic heterocycles. The standard InChI is InChI=1S/C2H2Cl4.C2H3Cl3/c3-1(4)2(5)6;3-1-2(4)5/h1-2H;2H,1H2. The van der Waals surface area contributed by atoms with Gasteiger partial charge in [-0.25, -0.2) is 0 Å². The molecule has 0 aliphatic rings. The minimum atomic E-state index is -0.673. The predicted molar refractivity (Wildman–Crippen MR) is 57.2 cm³/mol. The van der Waals surface area contributed by atoms with E-state index in [1.807, 2.05) is 0 Å². The lowest BCUT2D eigenvalue weighted by Gasteiger charge is -1.95. The maximum atomic E-state index is 5.11. The molecule has 0 aliphatic heterocycles. The van der Waals surface area contributed by atoms with Crippen LogP contribution in [0.2, 0.25) is 0 Å². The molecule has 0 atom stereocenters. The third kappa shape index (κ3) is 18.8. The monoisotopic (exact) mass is 298 g/mol. The minimum absolute atomic E-state index is 0.309. The number of hydrogen-bond acceptors (Lipinski definition) is 0. The lowest BCUT2D eigenvalue weighted by molar-refractivity contribution is 1.29. The summed E-state index contributed by atoms with van der Waals surface area (Å²) in [6.45, 7) is 0. The number of alkyl halides is 7. The molecule has 11 heavy (non-hydrogen) atoms. The van der Waals surface area contributed by atoms with Gasteiger partial charge in [0.25, 0.3) is 0 Å². The van der Waals surface area contributed by atoms with Crippen molar-refractivity contribution < 1.29 is 0 Å². The maximum absolute atomic E-state index is 5.11. The maximum Gasteiger partial charge on any atom is 0.137 e. The molecule has 0 nitrogen and oxygen atoms in total. The Labute approximate surface area is 101 Å². The second-order valence-corrected chi connectivity index (χ2v) is 5.13. The summed E-state index contributed by atoms with van der Waals surface area (Å²) in [6, 6.07) is 0. The van der Waals surface area contributed by atoms with Gasteiger partial charge >= 0.3 is 0 Å². The van der Waals surface area contributed by atoms with Gasteiger partial charge < -0.3 is 0 Å². The molecule has 0 aliphatic carbocycles. The van der Waals surface area contributed by atoms with E-state index in [4.69, 9.17) is 81.2 Å². The van der Waals surface area contributed by atoms with Crippen LogP contribution in [0.1, 0.15) is 0 Å². The van der Waals surface area contributed by atoms with Crippen LogP contribution in [0.3, 0.4) is 0 Å². The molecule has 0 unspecified atom stereocenters. The third-order valence-electron chi connectivity index (χ3n) is 0.307. The summed E-state index contributed by atoms with van der Waals surface area (Å²) in [5, 5.41) is 0. The van der Waals surface area contributed by atoms with Gasteiger partial charge in [-0.15, -0.1) is 81.2 Å². The van der Waals surface area contributed by atoms with Gasteiger partial charge in [-0.05, 0) is 0 Å². The van der Waals surface area contributed by atoms with Gasteiger partial charge in [0, 0.05) is 0 Å². The quantitative estimate of drug-likeness (QED) is 0.653. The fraction of sp³-hybridized carbons (Fsp3) is 1.00. The van der Waals surface area contributed by atoms with Crippen LogP contribution in [0.25, 0.3) is 0 Å². The van der Waals surface area contributed by atoms with Crippen molar-refractivity contribution in [3.8, 4) is 0 Å². The van der Waals surface area contributed by atoms with Crippen LogP contribution in [0, 0.1) is 0 Å². The molecule has 0 aromatic carbocycles. The van der Waals surface area contributed by atoms with E-state index in [1.165, 1.54) is 0 Å². The van der Waals surface area contributed by atoms with Crippen molar-refractivity contribution >= 4 is 81.2 Å². The first-order valence-electron chi connectivity index (χ1n) is 2.32. The van der Waals surface area contributed by atoms with Gasteiger partial charge in [0.1, 0.15) is 14.5 Å². The summed E-state index contributed by atoms with van der Waals surface area (Å²) in [5.74, 6) is 0.309. The van der Waals surface area contributed by atoms with Gasteiger partial charge in [0.15, 0.2) is 0 Å². The summed E-state index contributed by atoms with van der Waals surface area (Å²) < 4.78 is 0. The van der Waals surface area contributed by atoms with Crippen molar-refractivity contribution in [2.24, 2.45) is 0 Å². The van der Waals surface area contributed by atoms with E-state index in [-0.39, 0.29) is 0 Å². The molecule has 0 fully saturated rings. The summed E-state index contributed by atoms with van der Waals surface area (Å²) in [7, 11) is 0.